The molecule has 5 aromatic rings. The Balaban J connectivity index is 1.27. The Hall–Kier alpha value is -4.11. The number of hydrogen-bond acceptors (Lipinski definition) is 6. The third kappa shape index (κ3) is 5.67. The minimum atomic E-state index is -0.339. The van der Waals surface area contributed by atoms with Gasteiger partial charge in [0.2, 0.25) is 11.8 Å². The molecule has 0 radical (unpaired) electrons. The molecule has 0 aliphatic carbocycles. The predicted octanol–water partition coefficient (Wildman–Crippen LogP) is 5.46. The second kappa shape index (κ2) is 10.9. The summed E-state index contributed by atoms with van der Waals surface area (Å²) < 4.78 is 18.8. The summed E-state index contributed by atoms with van der Waals surface area (Å²) in [6.45, 7) is 0.438. The molecular weight excluding hydrogens is 489 g/mol. The van der Waals surface area contributed by atoms with Crippen LogP contribution in [0.4, 0.5) is 10.1 Å². The second-order valence-corrected chi connectivity index (χ2v) is 9.73. The molecule has 9 heteroatoms. The molecule has 0 spiro atoms. The first-order chi connectivity index (χ1) is 18.0. The van der Waals surface area contributed by atoms with E-state index in [0.29, 0.717) is 12.1 Å². The first-order valence-electron chi connectivity index (χ1n) is 11.8. The van der Waals surface area contributed by atoms with Gasteiger partial charge in [0.05, 0.1) is 5.75 Å². The Morgan fingerprint density at radius 1 is 1.05 bits per heavy atom. The van der Waals surface area contributed by atoms with Crippen molar-refractivity contribution in [2.24, 2.45) is 0 Å². The van der Waals surface area contributed by atoms with Gasteiger partial charge in [-0.1, -0.05) is 42.1 Å². The van der Waals surface area contributed by atoms with Crippen LogP contribution in [0, 0.1) is 5.82 Å². The molecule has 7 nitrogen and oxygen atoms in total. The lowest BCUT2D eigenvalue weighted by molar-refractivity contribution is -0.118. The fourth-order valence-electron chi connectivity index (χ4n) is 4.17. The number of nitrogens with one attached hydrogen (secondary N) is 2. The molecule has 188 valence electrons. The maximum Gasteiger partial charge on any atom is 0.277 e. The molecule has 0 saturated heterocycles. The molecule has 2 aromatic heterocycles. The van der Waals surface area contributed by atoms with E-state index >= 15 is 0 Å². The Labute approximate surface area is 218 Å². The number of carbonyl (C=O) groups is 1. The topological polar surface area (TPSA) is 87.1 Å². The van der Waals surface area contributed by atoms with Gasteiger partial charge in [-0.3, -0.25) is 4.79 Å². The van der Waals surface area contributed by atoms with E-state index in [1.54, 1.807) is 12.1 Å². The number of para-hydroxylation sites is 1. The van der Waals surface area contributed by atoms with Crippen LogP contribution in [0.2, 0.25) is 0 Å². The van der Waals surface area contributed by atoms with Gasteiger partial charge < -0.3 is 19.6 Å². The van der Waals surface area contributed by atoms with Gasteiger partial charge in [0.15, 0.2) is 0 Å². The van der Waals surface area contributed by atoms with E-state index in [2.05, 4.69) is 55.7 Å². The van der Waals surface area contributed by atoms with E-state index in [4.69, 9.17) is 4.42 Å². The number of amides is 1. The second-order valence-electron chi connectivity index (χ2n) is 8.80. The van der Waals surface area contributed by atoms with E-state index in [0.717, 1.165) is 39.5 Å². The standard InChI is InChI=1S/C28H26FN5O2S/c1-34(2)21-13-9-18(10-14-21)23(24-16-30-25-6-4-3-5-22(24)25)15-31-26(35)17-37-28-33-32-27(36-28)19-7-11-20(29)12-8-19/h3-14,16,23,30H,15,17H2,1-2H3,(H,31,35)/t23-/m1/s1. The van der Waals surface area contributed by atoms with Crippen molar-refractivity contribution in [1.29, 1.82) is 0 Å². The normalized spacial score (nSPS) is 12.0. The van der Waals surface area contributed by atoms with E-state index in [-0.39, 0.29) is 34.5 Å². The molecule has 0 saturated carbocycles. The lowest BCUT2D eigenvalue weighted by Crippen LogP contribution is -2.30. The molecule has 0 bridgehead atoms. The number of rotatable bonds is 9. The maximum atomic E-state index is 13.2. The first-order valence-corrected chi connectivity index (χ1v) is 12.8. The quantitative estimate of drug-likeness (QED) is 0.254. The summed E-state index contributed by atoms with van der Waals surface area (Å²) in [4.78, 5) is 18.2. The van der Waals surface area contributed by atoms with Gasteiger partial charge in [-0.05, 0) is 53.6 Å². The van der Waals surface area contributed by atoms with Crippen LogP contribution in [0.15, 0.2) is 88.6 Å². The predicted molar refractivity (Wildman–Crippen MR) is 144 cm³/mol. The monoisotopic (exact) mass is 515 g/mol. The smallest absolute Gasteiger partial charge is 0.277 e. The first kappa shape index (κ1) is 24.6. The van der Waals surface area contributed by atoms with E-state index in [1.807, 2.05) is 38.5 Å². The summed E-state index contributed by atoms with van der Waals surface area (Å²) in [7, 11) is 4.02. The fourth-order valence-corrected chi connectivity index (χ4v) is 4.76. The van der Waals surface area contributed by atoms with Gasteiger partial charge in [0.1, 0.15) is 5.82 Å². The SMILES string of the molecule is CN(C)c1ccc([C@@H](CNC(=O)CSc2nnc(-c3ccc(F)cc3)o2)c2c[nH]c3ccccc23)cc1. The zero-order valence-electron chi connectivity index (χ0n) is 20.4. The van der Waals surface area contributed by atoms with Crippen LogP contribution in [0.5, 0.6) is 0 Å². The highest BCUT2D eigenvalue weighted by atomic mass is 32.2. The van der Waals surface area contributed by atoms with Crippen molar-refractivity contribution in [3.05, 3.63) is 95.9 Å². The number of benzene rings is 3. The van der Waals surface area contributed by atoms with Crippen LogP contribution >= 0.6 is 11.8 Å². The van der Waals surface area contributed by atoms with Crippen molar-refractivity contribution in [2.45, 2.75) is 11.1 Å². The van der Waals surface area contributed by atoms with Crippen LogP contribution in [-0.4, -0.2) is 47.5 Å². The Morgan fingerprint density at radius 3 is 2.57 bits per heavy atom. The van der Waals surface area contributed by atoms with E-state index < -0.39 is 0 Å². The number of carbonyl (C=O) groups excluding carboxylic acids is 1. The number of nitrogens with zero attached hydrogens (tertiary/aromatic N) is 3. The van der Waals surface area contributed by atoms with E-state index in [1.165, 1.54) is 12.1 Å². The summed E-state index contributed by atoms with van der Waals surface area (Å²) in [5, 5.41) is 12.5. The number of aromatic nitrogens is 3. The van der Waals surface area contributed by atoms with Gasteiger partial charge in [0, 0.05) is 54.9 Å². The van der Waals surface area contributed by atoms with Crippen LogP contribution in [0.3, 0.4) is 0 Å². The largest absolute Gasteiger partial charge is 0.411 e. The molecular formula is C28H26FN5O2S. The number of H-pyrrole nitrogens is 1. The number of halogens is 1. The molecule has 2 N–H and O–H groups in total. The summed E-state index contributed by atoms with van der Waals surface area (Å²) >= 11 is 1.16. The van der Waals surface area contributed by atoms with Gasteiger partial charge in [-0.25, -0.2) is 4.39 Å². The third-order valence-corrected chi connectivity index (χ3v) is 6.95. The van der Waals surface area contributed by atoms with Crippen LogP contribution in [0.1, 0.15) is 17.0 Å². The molecule has 1 atom stereocenters. The summed E-state index contributed by atoms with van der Waals surface area (Å²) in [5.74, 6) is -0.0979. The summed E-state index contributed by atoms with van der Waals surface area (Å²) in [5.41, 5.74) is 5.03. The molecule has 0 fully saturated rings. The van der Waals surface area contributed by atoms with Crippen molar-refractivity contribution in [2.75, 3.05) is 31.3 Å². The maximum absolute atomic E-state index is 13.2. The Kier molecular flexibility index (Phi) is 7.23. The number of anilines is 1. The van der Waals surface area contributed by atoms with Crippen LogP contribution in [0.25, 0.3) is 22.4 Å². The molecule has 2 heterocycles. The average Bonchev–Trinajstić information content (AvgIpc) is 3.56. The number of fused-ring (bicyclic) bond motifs is 1. The van der Waals surface area contributed by atoms with Gasteiger partial charge in [-0.15, -0.1) is 10.2 Å². The van der Waals surface area contributed by atoms with Gasteiger partial charge in [-0.2, -0.15) is 0 Å². The molecule has 0 aliphatic rings. The van der Waals surface area contributed by atoms with Crippen LogP contribution in [-0.2, 0) is 4.79 Å². The van der Waals surface area contributed by atoms with Crippen molar-refractivity contribution < 1.29 is 13.6 Å². The molecule has 3 aromatic carbocycles. The third-order valence-electron chi connectivity index (χ3n) is 6.14. The minimum absolute atomic E-state index is 0.0326. The van der Waals surface area contributed by atoms with Crippen molar-refractivity contribution in [1.82, 2.24) is 20.5 Å². The van der Waals surface area contributed by atoms with Gasteiger partial charge in [0.25, 0.3) is 5.22 Å². The zero-order valence-corrected chi connectivity index (χ0v) is 21.3. The van der Waals surface area contributed by atoms with Crippen molar-refractivity contribution in [3.8, 4) is 11.5 Å². The van der Waals surface area contributed by atoms with Gasteiger partial charge >= 0.3 is 0 Å². The lowest BCUT2D eigenvalue weighted by Gasteiger charge is -2.20. The number of hydrogen-bond donors (Lipinski definition) is 2. The Morgan fingerprint density at radius 2 is 1.81 bits per heavy atom. The summed E-state index contributed by atoms with van der Waals surface area (Å²) in [6, 6.07) is 22.4. The highest BCUT2D eigenvalue weighted by molar-refractivity contribution is 7.99. The number of thioether (sulfide) groups is 1. The zero-order chi connectivity index (χ0) is 25.8. The average molecular weight is 516 g/mol. The number of aromatic amines is 1. The minimum Gasteiger partial charge on any atom is -0.411 e. The highest BCUT2D eigenvalue weighted by Gasteiger charge is 2.20. The lowest BCUT2D eigenvalue weighted by atomic mass is 9.90. The van der Waals surface area contributed by atoms with Crippen LogP contribution < -0.4 is 10.2 Å². The Bertz CT molecular complexity index is 1500. The summed E-state index contributed by atoms with van der Waals surface area (Å²) in [6.07, 6.45) is 2.02. The molecule has 37 heavy (non-hydrogen) atoms. The molecule has 0 unspecified atom stereocenters. The molecule has 0 aliphatic heterocycles. The fraction of sp³-hybridized carbons (Fsp3) is 0.179. The van der Waals surface area contributed by atoms with E-state index in [9.17, 15) is 9.18 Å². The highest BCUT2D eigenvalue weighted by Crippen LogP contribution is 2.31. The van der Waals surface area contributed by atoms with Crippen molar-refractivity contribution in [3.63, 3.8) is 0 Å². The molecule has 5 rings (SSSR count). The molecule has 1 amide bonds. The van der Waals surface area contributed by atoms with Crippen molar-refractivity contribution >= 4 is 34.3 Å².